The van der Waals surface area contributed by atoms with Crippen LogP contribution in [-0.4, -0.2) is 65.4 Å². The number of hydrogen-bond donors (Lipinski definition) is 1. The van der Waals surface area contributed by atoms with Crippen molar-refractivity contribution >= 4 is 10.9 Å². The van der Waals surface area contributed by atoms with Crippen LogP contribution in [0.15, 0.2) is 54.6 Å². The Hall–Kier alpha value is -2.21. The lowest BCUT2D eigenvalue weighted by atomic mass is 10.1. The third-order valence-electron chi connectivity index (χ3n) is 6.25. The average Bonchev–Trinajstić information content (AvgIpc) is 2.99. The van der Waals surface area contributed by atoms with E-state index in [0.29, 0.717) is 12.1 Å². The molecule has 1 N–H and O–H groups in total. The highest BCUT2D eigenvalue weighted by molar-refractivity contribution is 5.81. The Morgan fingerprint density at radius 2 is 1.83 bits per heavy atom. The molecule has 1 aliphatic heterocycles. The van der Waals surface area contributed by atoms with Gasteiger partial charge in [0.25, 0.3) is 0 Å². The fourth-order valence-corrected chi connectivity index (χ4v) is 4.45. The zero-order valence-corrected chi connectivity index (χ0v) is 17.9. The van der Waals surface area contributed by atoms with Crippen molar-refractivity contribution in [2.24, 2.45) is 0 Å². The van der Waals surface area contributed by atoms with Crippen molar-refractivity contribution in [2.45, 2.75) is 38.5 Å². The highest BCUT2D eigenvalue weighted by Crippen LogP contribution is 2.21. The number of hydrogen-bond acceptors (Lipinski definition) is 4. The van der Waals surface area contributed by atoms with Crippen LogP contribution in [0.2, 0.25) is 0 Å². The summed E-state index contributed by atoms with van der Waals surface area (Å²) in [4.78, 5) is 4.99. The van der Waals surface area contributed by atoms with E-state index >= 15 is 0 Å². The van der Waals surface area contributed by atoms with Gasteiger partial charge in [-0.2, -0.15) is 5.10 Å². The number of para-hydroxylation sites is 1. The molecule has 154 valence electrons. The van der Waals surface area contributed by atoms with Gasteiger partial charge in [-0.1, -0.05) is 48.5 Å². The third-order valence-corrected chi connectivity index (χ3v) is 6.25. The number of likely N-dealkylation sites (N-methyl/N-ethyl adjacent to an activating group) is 2. The van der Waals surface area contributed by atoms with Gasteiger partial charge in [0.1, 0.15) is 0 Å². The van der Waals surface area contributed by atoms with Gasteiger partial charge in [0, 0.05) is 50.2 Å². The summed E-state index contributed by atoms with van der Waals surface area (Å²) >= 11 is 0. The van der Waals surface area contributed by atoms with Crippen molar-refractivity contribution < 1.29 is 0 Å². The van der Waals surface area contributed by atoms with Crippen LogP contribution < -0.4 is 5.32 Å². The van der Waals surface area contributed by atoms with Gasteiger partial charge in [-0.15, -0.1) is 0 Å². The molecule has 5 heteroatoms. The fourth-order valence-electron chi connectivity index (χ4n) is 4.45. The number of nitrogens with one attached hydrogen (secondary N) is 1. The lowest BCUT2D eigenvalue weighted by molar-refractivity contribution is 0.167. The molecule has 2 heterocycles. The van der Waals surface area contributed by atoms with E-state index < -0.39 is 0 Å². The molecule has 1 aliphatic rings. The molecule has 1 fully saturated rings. The molecule has 29 heavy (non-hydrogen) atoms. The first-order valence-electron chi connectivity index (χ1n) is 10.7. The number of rotatable bonds is 6. The van der Waals surface area contributed by atoms with Crippen molar-refractivity contribution in [1.82, 2.24) is 24.9 Å². The minimum absolute atomic E-state index is 0.464. The molecule has 3 aromatic rings. The Bertz CT molecular complexity index is 919. The first-order chi connectivity index (χ1) is 14.2. The molecular weight excluding hydrogens is 358 g/mol. The van der Waals surface area contributed by atoms with E-state index in [1.807, 2.05) is 0 Å². The number of aryl methyl sites for hydroxylation is 1. The molecule has 0 spiro atoms. The summed E-state index contributed by atoms with van der Waals surface area (Å²) in [6.07, 6.45) is 1.09. The molecule has 1 saturated heterocycles. The van der Waals surface area contributed by atoms with Crippen LogP contribution in [0.4, 0.5) is 0 Å². The summed E-state index contributed by atoms with van der Waals surface area (Å²) in [6, 6.07) is 20.4. The van der Waals surface area contributed by atoms with Gasteiger partial charge in [0.05, 0.1) is 11.2 Å². The van der Waals surface area contributed by atoms with Gasteiger partial charge in [0.2, 0.25) is 0 Å². The molecule has 0 saturated carbocycles. The highest BCUT2D eigenvalue weighted by atomic mass is 15.3. The SMILES string of the molecule is CCn1nc(CN(C)C2CNCC(Cc3ccccc3)N(C)C2)c2ccccc21. The second-order valence-electron chi connectivity index (χ2n) is 8.29. The minimum Gasteiger partial charge on any atom is -0.314 e. The Morgan fingerprint density at radius 1 is 1.07 bits per heavy atom. The van der Waals surface area contributed by atoms with Crippen LogP contribution in [-0.2, 0) is 19.5 Å². The highest BCUT2D eigenvalue weighted by Gasteiger charge is 2.26. The second kappa shape index (κ2) is 9.08. The van der Waals surface area contributed by atoms with E-state index in [0.717, 1.165) is 39.1 Å². The van der Waals surface area contributed by atoms with Crippen LogP contribution in [0.25, 0.3) is 10.9 Å². The smallest absolute Gasteiger partial charge is 0.0843 e. The molecule has 2 atom stereocenters. The monoisotopic (exact) mass is 391 g/mol. The predicted octanol–water partition coefficient (Wildman–Crippen LogP) is 3.00. The topological polar surface area (TPSA) is 36.3 Å². The van der Waals surface area contributed by atoms with Crippen LogP contribution in [0.1, 0.15) is 18.2 Å². The molecule has 0 bridgehead atoms. The zero-order chi connectivity index (χ0) is 20.2. The fraction of sp³-hybridized carbons (Fsp3) is 0.458. The van der Waals surface area contributed by atoms with Gasteiger partial charge < -0.3 is 10.2 Å². The quantitative estimate of drug-likeness (QED) is 0.701. The third kappa shape index (κ3) is 4.53. The van der Waals surface area contributed by atoms with Gasteiger partial charge in [-0.3, -0.25) is 9.58 Å². The maximum Gasteiger partial charge on any atom is 0.0843 e. The molecule has 1 aromatic heterocycles. The number of aromatic nitrogens is 2. The molecule has 2 unspecified atom stereocenters. The molecule has 0 aliphatic carbocycles. The first-order valence-corrected chi connectivity index (χ1v) is 10.7. The number of fused-ring (bicyclic) bond motifs is 1. The Morgan fingerprint density at radius 3 is 2.62 bits per heavy atom. The van der Waals surface area contributed by atoms with Gasteiger partial charge in [-0.05, 0) is 39.1 Å². The van der Waals surface area contributed by atoms with Crippen LogP contribution >= 0.6 is 0 Å². The predicted molar refractivity (Wildman–Crippen MR) is 120 cm³/mol. The van der Waals surface area contributed by atoms with E-state index in [1.54, 1.807) is 0 Å². The first kappa shape index (κ1) is 20.1. The summed E-state index contributed by atoms with van der Waals surface area (Å²) in [5.74, 6) is 0. The minimum atomic E-state index is 0.464. The van der Waals surface area contributed by atoms with Crippen molar-refractivity contribution in [1.29, 1.82) is 0 Å². The normalized spacial score (nSPS) is 21.0. The molecule has 0 radical (unpaired) electrons. The number of nitrogens with zero attached hydrogens (tertiary/aromatic N) is 4. The van der Waals surface area contributed by atoms with Gasteiger partial charge in [-0.25, -0.2) is 0 Å². The Balaban J connectivity index is 1.44. The molecule has 2 aromatic carbocycles. The van der Waals surface area contributed by atoms with E-state index in [2.05, 4.69) is 95.4 Å². The van der Waals surface area contributed by atoms with Crippen molar-refractivity contribution in [3.63, 3.8) is 0 Å². The van der Waals surface area contributed by atoms with E-state index in [4.69, 9.17) is 5.10 Å². The van der Waals surface area contributed by atoms with E-state index in [-0.39, 0.29) is 0 Å². The number of benzene rings is 2. The maximum absolute atomic E-state index is 4.90. The summed E-state index contributed by atoms with van der Waals surface area (Å²) in [5, 5.41) is 9.88. The zero-order valence-electron chi connectivity index (χ0n) is 17.9. The second-order valence-corrected chi connectivity index (χ2v) is 8.29. The van der Waals surface area contributed by atoms with E-state index in [1.165, 1.54) is 22.2 Å². The van der Waals surface area contributed by atoms with Crippen LogP contribution in [0, 0.1) is 0 Å². The van der Waals surface area contributed by atoms with Gasteiger partial charge in [0.15, 0.2) is 0 Å². The average molecular weight is 392 g/mol. The summed E-state index contributed by atoms with van der Waals surface area (Å²) in [7, 11) is 4.50. The van der Waals surface area contributed by atoms with Crippen LogP contribution in [0.3, 0.4) is 0 Å². The van der Waals surface area contributed by atoms with Crippen LogP contribution in [0.5, 0.6) is 0 Å². The van der Waals surface area contributed by atoms with E-state index in [9.17, 15) is 0 Å². The molecule has 5 nitrogen and oxygen atoms in total. The summed E-state index contributed by atoms with van der Waals surface area (Å²) < 4.78 is 2.12. The lowest BCUT2D eigenvalue weighted by Gasteiger charge is -2.31. The van der Waals surface area contributed by atoms with Crippen molar-refractivity contribution in [3.05, 3.63) is 65.9 Å². The largest absolute Gasteiger partial charge is 0.314 e. The van der Waals surface area contributed by atoms with Crippen molar-refractivity contribution in [2.75, 3.05) is 33.7 Å². The maximum atomic E-state index is 4.90. The standard InChI is InChI=1S/C24H33N5/c1-4-29-24-13-9-8-12-22(24)23(26-29)18-28(3)21-16-25-15-20(27(2)17-21)14-19-10-6-5-7-11-19/h5-13,20-21,25H,4,14-18H2,1-3H3. The molecule has 0 amide bonds. The Kier molecular flexibility index (Phi) is 6.28. The van der Waals surface area contributed by atoms with Crippen molar-refractivity contribution in [3.8, 4) is 0 Å². The molecular formula is C24H33N5. The molecule has 4 rings (SSSR count). The lowest BCUT2D eigenvalue weighted by Crippen LogP contribution is -2.44. The summed E-state index contributed by atoms with van der Waals surface area (Å²) in [5.41, 5.74) is 3.82. The summed E-state index contributed by atoms with van der Waals surface area (Å²) in [6.45, 7) is 7.04. The Labute approximate surface area is 174 Å². The van der Waals surface area contributed by atoms with Gasteiger partial charge >= 0.3 is 0 Å².